The number of rotatable bonds is 7. The van der Waals surface area contributed by atoms with Gasteiger partial charge in [-0.05, 0) is 74.9 Å². The number of thiophene rings is 1. The molecular weight excluding hydrogens is 502 g/mol. The maximum Gasteiger partial charge on any atom is 0.338 e. The van der Waals surface area contributed by atoms with Crippen LogP contribution < -0.4 is 16.6 Å². The van der Waals surface area contributed by atoms with Gasteiger partial charge in [0.25, 0.3) is 5.56 Å². The summed E-state index contributed by atoms with van der Waals surface area (Å²) in [4.78, 5) is 54.3. The molecule has 0 fully saturated rings. The summed E-state index contributed by atoms with van der Waals surface area (Å²) in [7, 11) is 0. The van der Waals surface area contributed by atoms with Gasteiger partial charge in [0.05, 0.1) is 23.6 Å². The molecule has 1 aliphatic carbocycles. The number of amides is 1. The molecule has 2 heterocycles. The Morgan fingerprint density at radius 1 is 1.03 bits per heavy atom. The molecule has 1 aliphatic rings. The van der Waals surface area contributed by atoms with E-state index in [4.69, 9.17) is 4.74 Å². The van der Waals surface area contributed by atoms with Gasteiger partial charge in [0.1, 0.15) is 11.4 Å². The number of ether oxygens (including phenoxy) is 1. The van der Waals surface area contributed by atoms with Crippen molar-refractivity contribution in [2.45, 2.75) is 52.1 Å². The maximum atomic E-state index is 13.8. The minimum Gasteiger partial charge on any atom is -0.462 e. The number of hydrogen-bond donors (Lipinski definition) is 1. The molecule has 8 nitrogen and oxygen atoms in total. The highest BCUT2D eigenvalue weighted by Crippen LogP contribution is 2.34. The summed E-state index contributed by atoms with van der Waals surface area (Å²) in [5, 5.41) is 3.36. The molecule has 0 radical (unpaired) electrons. The van der Waals surface area contributed by atoms with Crippen molar-refractivity contribution in [1.29, 1.82) is 0 Å². The van der Waals surface area contributed by atoms with Crippen molar-refractivity contribution < 1.29 is 14.3 Å². The molecule has 1 N–H and O–H groups in total. The molecule has 1 amide bonds. The summed E-state index contributed by atoms with van der Waals surface area (Å²) in [6.07, 6.45) is 3.70. The van der Waals surface area contributed by atoms with Gasteiger partial charge < -0.3 is 10.1 Å². The molecule has 4 aromatic rings. The molecule has 1 unspecified atom stereocenters. The molecule has 0 spiro atoms. The van der Waals surface area contributed by atoms with Crippen LogP contribution in [0.3, 0.4) is 0 Å². The van der Waals surface area contributed by atoms with Crippen LogP contribution in [0.15, 0.2) is 64.2 Å². The first kappa shape index (κ1) is 25.7. The fourth-order valence-electron chi connectivity index (χ4n) is 5.00. The molecule has 5 rings (SSSR count). The molecule has 1 atom stereocenters. The first-order valence-corrected chi connectivity index (χ1v) is 13.6. The Morgan fingerprint density at radius 2 is 1.74 bits per heavy atom. The van der Waals surface area contributed by atoms with Crippen molar-refractivity contribution in [2.75, 3.05) is 11.9 Å². The third-order valence-electron chi connectivity index (χ3n) is 6.92. The van der Waals surface area contributed by atoms with E-state index in [0.29, 0.717) is 21.5 Å². The van der Waals surface area contributed by atoms with Crippen LogP contribution in [-0.2, 0) is 28.9 Å². The van der Waals surface area contributed by atoms with Gasteiger partial charge in [-0.2, -0.15) is 0 Å². The molecule has 38 heavy (non-hydrogen) atoms. The number of nitrogens with one attached hydrogen (secondary N) is 1. The number of aromatic nitrogens is 2. The maximum absolute atomic E-state index is 13.8. The summed E-state index contributed by atoms with van der Waals surface area (Å²) < 4.78 is 7.71. The van der Waals surface area contributed by atoms with Crippen LogP contribution in [0.2, 0.25) is 0 Å². The third kappa shape index (κ3) is 4.81. The lowest BCUT2D eigenvalue weighted by Gasteiger charge is -2.18. The van der Waals surface area contributed by atoms with Crippen LogP contribution in [0.5, 0.6) is 0 Å². The Kier molecular flexibility index (Phi) is 7.28. The minimum atomic E-state index is -0.509. The molecule has 9 heteroatoms. The van der Waals surface area contributed by atoms with E-state index in [9.17, 15) is 19.2 Å². The number of esters is 1. The molecule has 2 aromatic heterocycles. The fourth-order valence-corrected chi connectivity index (χ4v) is 6.37. The monoisotopic (exact) mass is 531 g/mol. The van der Waals surface area contributed by atoms with Crippen molar-refractivity contribution in [1.82, 2.24) is 9.13 Å². The van der Waals surface area contributed by atoms with E-state index in [1.54, 1.807) is 31.2 Å². The van der Waals surface area contributed by atoms with Crippen LogP contribution in [0.4, 0.5) is 5.69 Å². The number of carbonyl (C=O) groups excluding carboxylic acids is 2. The molecule has 0 aliphatic heterocycles. The highest BCUT2D eigenvalue weighted by molar-refractivity contribution is 7.18. The van der Waals surface area contributed by atoms with E-state index in [2.05, 4.69) is 5.32 Å². The van der Waals surface area contributed by atoms with Crippen LogP contribution in [0.1, 0.15) is 59.1 Å². The van der Waals surface area contributed by atoms with E-state index < -0.39 is 23.6 Å². The predicted molar refractivity (Wildman–Crippen MR) is 148 cm³/mol. The Bertz CT molecular complexity index is 1620. The van der Waals surface area contributed by atoms with E-state index in [-0.39, 0.29) is 18.7 Å². The second-order valence-electron chi connectivity index (χ2n) is 9.37. The zero-order chi connectivity index (χ0) is 26.8. The molecule has 0 saturated carbocycles. The average molecular weight is 532 g/mol. The van der Waals surface area contributed by atoms with Gasteiger partial charge in [0.2, 0.25) is 5.91 Å². The largest absolute Gasteiger partial charge is 0.462 e. The standard InChI is InChI=1S/C29H29N3O5S/c1-3-37-28(35)20-13-15-21(16-14-20)30-24(33)17-31-27-25(22-11-7-8-12-23(22)38-27)26(34)32(29(31)36)18(2)19-9-5-4-6-10-19/h4-6,9-10,13-16,18H,3,7-8,11-12,17H2,1-2H3,(H,30,33). The second-order valence-corrected chi connectivity index (χ2v) is 10.5. The Hall–Kier alpha value is -3.98. The fraction of sp³-hybridized carbons (Fsp3) is 0.310. The number of hydrogen-bond acceptors (Lipinski definition) is 6. The number of carbonyl (C=O) groups is 2. The predicted octanol–water partition coefficient (Wildman–Crippen LogP) is 4.53. The summed E-state index contributed by atoms with van der Waals surface area (Å²) in [5.41, 5.74) is 1.92. The quantitative estimate of drug-likeness (QED) is 0.353. The van der Waals surface area contributed by atoms with E-state index in [0.717, 1.165) is 41.7 Å². The summed E-state index contributed by atoms with van der Waals surface area (Å²) in [5.74, 6) is -0.836. The van der Waals surface area contributed by atoms with Crippen LogP contribution in [0.25, 0.3) is 10.2 Å². The van der Waals surface area contributed by atoms with Gasteiger partial charge in [-0.3, -0.25) is 18.7 Å². The van der Waals surface area contributed by atoms with E-state index in [1.807, 2.05) is 37.3 Å². The summed E-state index contributed by atoms with van der Waals surface area (Å²) in [6.45, 7) is 3.60. The number of nitrogens with zero attached hydrogens (tertiary/aromatic N) is 2. The van der Waals surface area contributed by atoms with Crippen molar-refractivity contribution in [2.24, 2.45) is 0 Å². The lowest BCUT2D eigenvalue weighted by atomic mass is 9.97. The van der Waals surface area contributed by atoms with E-state index in [1.165, 1.54) is 20.5 Å². The summed E-state index contributed by atoms with van der Waals surface area (Å²) in [6, 6.07) is 15.3. The van der Waals surface area contributed by atoms with Crippen LogP contribution >= 0.6 is 11.3 Å². The average Bonchev–Trinajstić information content (AvgIpc) is 3.32. The smallest absolute Gasteiger partial charge is 0.338 e. The van der Waals surface area contributed by atoms with Crippen LogP contribution in [0, 0.1) is 0 Å². The highest BCUT2D eigenvalue weighted by Gasteiger charge is 2.26. The number of aryl methyl sites for hydroxylation is 2. The van der Waals surface area contributed by atoms with Gasteiger partial charge in [-0.25, -0.2) is 9.59 Å². The highest BCUT2D eigenvalue weighted by atomic mass is 32.1. The molecule has 0 bridgehead atoms. The lowest BCUT2D eigenvalue weighted by Crippen LogP contribution is -2.43. The third-order valence-corrected chi connectivity index (χ3v) is 8.23. The molecule has 0 saturated heterocycles. The van der Waals surface area contributed by atoms with Gasteiger partial charge in [-0.1, -0.05) is 30.3 Å². The van der Waals surface area contributed by atoms with Crippen LogP contribution in [-0.4, -0.2) is 27.6 Å². The minimum absolute atomic E-state index is 0.240. The van der Waals surface area contributed by atoms with Crippen molar-refractivity contribution >= 4 is 39.1 Å². The number of anilines is 1. The molecular formula is C29H29N3O5S. The Balaban J connectivity index is 1.53. The van der Waals surface area contributed by atoms with Gasteiger partial charge in [0.15, 0.2) is 0 Å². The molecule has 2 aromatic carbocycles. The summed E-state index contributed by atoms with van der Waals surface area (Å²) >= 11 is 1.45. The SMILES string of the molecule is CCOC(=O)c1ccc(NC(=O)Cn2c(=O)n(C(C)c3ccccc3)c(=O)c3c4c(sc32)CCCC4)cc1. The Morgan fingerprint density at radius 3 is 2.45 bits per heavy atom. The first-order valence-electron chi connectivity index (χ1n) is 12.8. The zero-order valence-electron chi connectivity index (χ0n) is 21.4. The van der Waals surface area contributed by atoms with Crippen molar-refractivity contribution in [3.05, 3.63) is 97.0 Å². The van der Waals surface area contributed by atoms with Gasteiger partial charge in [0, 0.05) is 10.6 Å². The number of benzene rings is 2. The number of fused-ring (bicyclic) bond motifs is 3. The Labute approximate surface area is 223 Å². The topological polar surface area (TPSA) is 99.4 Å². The van der Waals surface area contributed by atoms with Gasteiger partial charge >= 0.3 is 11.7 Å². The van der Waals surface area contributed by atoms with E-state index >= 15 is 0 Å². The van der Waals surface area contributed by atoms with Crippen molar-refractivity contribution in [3.63, 3.8) is 0 Å². The normalized spacial score (nSPS) is 13.6. The molecule has 196 valence electrons. The van der Waals surface area contributed by atoms with Crippen molar-refractivity contribution in [3.8, 4) is 0 Å². The zero-order valence-corrected chi connectivity index (χ0v) is 22.2. The second kappa shape index (κ2) is 10.8. The first-order chi connectivity index (χ1) is 18.4. The lowest BCUT2D eigenvalue weighted by molar-refractivity contribution is -0.116. The van der Waals surface area contributed by atoms with Gasteiger partial charge in [-0.15, -0.1) is 11.3 Å².